The van der Waals surface area contributed by atoms with Gasteiger partial charge in [0.1, 0.15) is 0 Å². The van der Waals surface area contributed by atoms with E-state index < -0.39 is 0 Å². The first kappa shape index (κ1) is 13.6. The smallest absolute Gasteiger partial charge is 0.0446 e. The molecule has 0 spiro atoms. The quantitative estimate of drug-likeness (QED) is 0.717. The summed E-state index contributed by atoms with van der Waals surface area (Å²) < 4.78 is 0. The Morgan fingerprint density at radius 1 is 1.31 bits per heavy atom. The first-order valence-electron chi connectivity index (χ1n) is 5.80. The Morgan fingerprint density at radius 2 is 2.00 bits per heavy atom. The van der Waals surface area contributed by atoms with Gasteiger partial charge in [-0.3, -0.25) is 0 Å². The zero-order chi connectivity index (χ0) is 11.8. The third kappa shape index (κ3) is 5.01. The summed E-state index contributed by atoms with van der Waals surface area (Å²) in [6.07, 6.45) is 0.826. The fourth-order valence-electron chi connectivity index (χ4n) is 1.52. The monoisotopic (exact) mass is 239 g/mol. The van der Waals surface area contributed by atoms with E-state index in [0.717, 1.165) is 18.7 Å². The zero-order valence-corrected chi connectivity index (χ0v) is 10.9. The Balaban J connectivity index is 2.38. The summed E-state index contributed by atoms with van der Waals surface area (Å²) in [4.78, 5) is 1.30. The van der Waals surface area contributed by atoms with Gasteiger partial charge in [-0.25, -0.2) is 0 Å². The fraction of sp³-hybridized carbons (Fsp3) is 0.538. The number of aliphatic hydroxyl groups excluding tert-OH is 1. The van der Waals surface area contributed by atoms with Gasteiger partial charge in [0.2, 0.25) is 0 Å². The molecule has 1 aromatic carbocycles. The maximum Gasteiger partial charge on any atom is 0.0446 e. The van der Waals surface area contributed by atoms with Crippen molar-refractivity contribution in [1.82, 2.24) is 5.32 Å². The molecule has 0 aliphatic carbocycles. The molecule has 0 bridgehead atoms. The summed E-state index contributed by atoms with van der Waals surface area (Å²) in [6, 6.07) is 8.98. The molecule has 2 N–H and O–H groups in total. The largest absolute Gasteiger partial charge is 0.396 e. The van der Waals surface area contributed by atoms with E-state index in [-0.39, 0.29) is 6.61 Å². The number of nitrogens with one attached hydrogen (secondary N) is 1. The second kappa shape index (κ2) is 7.71. The second-order valence-corrected chi connectivity index (χ2v) is 4.98. The Morgan fingerprint density at radius 3 is 2.56 bits per heavy atom. The van der Waals surface area contributed by atoms with Gasteiger partial charge >= 0.3 is 0 Å². The fourth-order valence-corrected chi connectivity index (χ4v) is 2.53. The molecule has 0 aliphatic heterocycles. The predicted octanol–water partition coefficient (Wildman–Crippen LogP) is 2.45. The second-order valence-electron chi connectivity index (χ2n) is 3.89. The normalized spacial score (nSPS) is 12.7. The third-order valence-corrected chi connectivity index (χ3v) is 3.62. The van der Waals surface area contributed by atoms with Crippen LogP contribution in [-0.2, 0) is 0 Å². The van der Waals surface area contributed by atoms with Crippen LogP contribution in [-0.4, -0.2) is 30.1 Å². The highest BCUT2D eigenvalue weighted by Crippen LogP contribution is 2.19. The maximum absolute atomic E-state index is 8.95. The van der Waals surface area contributed by atoms with E-state index in [4.69, 9.17) is 5.11 Å². The van der Waals surface area contributed by atoms with Crippen LogP contribution in [0.3, 0.4) is 0 Å². The zero-order valence-electron chi connectivity index (χ0n) is 10.1. The first-order valence-corrected chi connectivity index (χ1v) is 6.78. The van der Waals surface area contributed by atoms with Crippen molar-refractivity contribution in [2.24, 2.45) is 0 Å². The van der Waals surface area contributed by atoms with Crippen LogP contribution in [0.4, 0.5) is 0 Å². The van der Waals surface area contributed by atoms with E-state index in [2.05, 4.69) is 43.4 Å². The molecule has 0 saturated heterocycles. The molecule has 0 saturated carbocycles. The van der Waals surface area contributed by atoms with Gasteiger partial charge in [0.25, 0.3) is 0 Å². The minimum absolute atomic E-state index is 0.256. The van der Waals surface area contributed by atoms with Gasteiger partial charge < -0.3 is 10.4 Å². The molecule has 1 atom stereocenters. The Bertz CT molecular complexity index is 280. The maximum atomic E-state index is 8.95. The molecule has 0 radical (unpaired) electrons. The van der Waals surface area contributed by atoms with Crippen molar-refractivity contribution < 1.29 is 5.11 Å². The average molecular weight is 239 g/mol. The minimum Gasteiger partial charge on any atom is -0.396 e. The van der Waals surface area contributed by atoms with E-state index in [1.807, 2.05) is 11.8 Å². The molecule has 2 nitrogen and oxygen atoms in total. The SMILES string of the molecule is CCNC(CCO)CSc1ccc(C)cc1. The van der Waals surface area contributed by atoms with E-state index in [9.17, 15) is 0 Å². The van der Waals surface area contributed by atoms with E-state index in [0.29, 0.717) is 6.04 Å². The number of aliphatic hydroxyl groups is 1. The van der Waals surface area contributed by atoms with Crippen molar-refractivity contribution in [3.8, 4) is 0 Å². The van der Waals surface area contributed by atoms with Gasteiger partial charge in [0, 0.05) is 23.3 Å². The molecule has 1 rings (SSSR count). The molecule has 16 heavy (non-hydrogen) atoms. The average Bonchev–Trinajstić information content (AvgIpc) is 2.29. The molecule has 0 heterocycles. The molecular weight excluding hydrogens is 218 g/mol. The van der Waals surface area contributed by atoms with E-state index in [1.54, 1.807) is 0 Å². The van der Waals surface area contributed by atoms with Crippen LogP contribution in [0.1, 0.15) is 18.9 Å². The van der Waals surface area contributed by atoms with Crippen LogP contribution >= 0.6 is 11.8 Å². The molecular formula is C13H21NOS. The van der Waals surface area contributed by atoms with Gasteiger partial charge in [-0.1, -0.05) is 24.6 Å². The molecule has 90 valence electrons. The number of benzene rings is 1. The van der Waals surface area contributed by atoms with Gasteiger partial charge in [0.05, 0.1) is 0 Å². The topological polar surface area (TPSA) is 32.3 Å². The molecule has 3 heteroatoms. The molecule has 0 aromatic heterocycles. The van der Waals surface area contributed by atoms with Gasteiger partial charge in [-0.2, -0.15) is 0 Å². The van der Waals surface area contributed by atoms with Crippen LogP contribution < -0.4 is 5.32 Å². The summed E-state index contributed by atoms with van der Waals surface area (Å²) in [5, 5.41) is 12.3. The van der Waals surface area contributed by atoms with Gasteiger partial charge in [-0.15, -0.1) is 11.8 Å². The summed E-state index contributed by atoms with van der Waals surface area (Å²) in [5.41, 5.74) is 1.29. The van der Waals surface area contributed by atoms with Crippen molar-refractivity contribution in [1.29, 1.82) is 0 Å². The number of rotatable bonds is 7. The van der Waals surface area contributed by atoms with Crippen LogP contribution in [0, 0.1) is 6.92 Å². The lowest BCUT2D eigenvalue weighted by Crippen LogP contribution is -2.31. The minimum atomic E-state index is 0.256. The van der Waals surface area contributed by atoms with Crippen molar-refractivity contribution in [3.05, 3.63) is 29.8 Å². The highest BCUT2D eigenvalue weighted by atomic mass is 32.2. The predicted molar refractivity (Wildman–Crippen MR) is 71.1 cm³/mol. The summed E-state index contributed by atoms with van der Waals surface area (Å²) in [5.74, 6) is 1.01. The summed E-state index contributed by atoms with van der Waals surface area (Å²) in [7, 11) is 0. The summed E-state index contributed by atoms with van der Waals surface area (Å²) in [6.45, 7) is 5.41. The Kier molecular flexibility index (Phi) is 6.53. The molecule has 1 unspecified atom stereocenters. The van der Waals surface area contributed by atoms with Crippen LogP contribution in [0.2, 0.25) is 0 Å². The highest BCUT2D eigenvalue weighted by Gasteiger charge is 2.06. The summed E-state index contributed by atoms with van der Waals surface area (Å²) >= 11 is 1.84. The van der Waals surface area contributed by atoms with Crippen molar-refractivity contribution in [2.75, 3.05) is 18.9 Å². The van der Waals surface area contributed by atoms with Gasteiger partial charge in [0.15, 0.2) is 0 Å². The van der Waals surface area contributed by atoms with Crippen LogP contribution in [0.25, 0.3) is 0 Å². The number of hydrogen-bond acceptors (Lipinski definition) is 3. The Labute approximate surface area is 102 Å². The molecule has 0 fully saturated rings. The number of aryl methyl sites for hydroxylation is 1. The molecule has 1 aromatic rings. The van der Waals surface area contributed by atoms with Crippen LogP contribution in [0.15, 0.2) is 29.2 Å². The third-order valence-electron chi connectivity index (χ3n) is 2.44. The first-order chi connectivity index (χ1) is 7.76. The standard InChI is InChI=1S/C13H21NOS/c1-3-14-12(8-9-15)10-16-13-6-4-11(2)5-7-13/h4-7,12,14-15H,3,8-10H2,1-2H3. The van der Waals surface area contributed by atoms with E-state index >= 15 is 0 Å². The van der Waals surface area contributed by atoms with Crippen molar-refractivity contribution in [2.45, 2.75) is 31.2 Å². The molecule has 0 aliphatic rings. The van der Waals surface area contributed by atoms with E-state index in [1.165, 1.54) is 10.5 Å². The van der Waals surface area contributed by atoms with Crippen molar-refractivity contribution >= 4 is 11.8 Å². The van der Waals surface area contributed by atoms with Crippen LogP contribution in [0.5, 0.6) is 0 Å². The number of hydrogen-bond donors (Lipinski definition) is 2. The lowest BCUT2D eigenvalue weighted by Gasteiger charge is -2.16. The lowest BCUT2D eigenvalue weighted by molar-refractivity contribution is 0.271. The van der Waals surface area contributed by atoms with Crippen molar-refractivity contribution in [3.63, 3.8) is 0 Å². The Hall–Kier alpha value is -0.510. The highest BCUT2D eigenvalue weighted by molar-refractivity contribution is 7.99. The van der Waals surface area contributed by atoms with Gasteiger partial charge in [-0.05, 0) is 32.0 Å². The lowest BCUT2D eigenvalue weighted by atomic mass is 10.2. The molecule has 0 amide bonds. The number of thioether (sulfide) groups is 1.